The SMILES string of the molecule is CC(C)COc1cc(C=O)cc(Br)c1O. The molecule has 0 fully saturated rings. The molecule has 0 radical (unpaired) electrons. The van der Waals surface area contributed by atoms with Gasteiger partial charge in [-0.2, -0.15) is 0 Å². The molecule has 0 aromatic heterocycles. The number of benzene rings is 1. The Morgan fingerprint density at radius 3 is 2.73 bits per heavy atom. The van der Waals surface area contributed by atoms with E-state index in [9.17, 15) is 9.90 Å². The number of aldehydes is 1. The molecule has 1 aromatic carbocycles. The molecule has 0 unspecified atom stereocenters. The summed E-state index contributed by atoms with van der Waals surface area (Å²) in [6.45, 7) is 4.52. The third-order valence-electron chi connectivity index (χ3n) is 1.76. The summed E-state index contributed by atoms with van der Waals surface area (Å²) in [6.07, 6.45) is 0.715. The second kappa shape index (κ2) is 5.16. The third kappa shape index (κ3) is 3.23. The van der Waals surface area contributed by atoms with E-state index < -0.39 is 0 Å². The summed E-state index contributed by atoms with van der Waals surface area (Å²) in [6, 6.07) is 3.07. The molecule has 15 heavy (non-hydrogen) atoms. The molecular formula is C11H13BrO3. The van der Waals surface area contributed by atoms with Crippen molar-refractivity contribution >= 4 is 22.2 Å². The molecule has 1 N–H and O–H groups in total. The summed E-state index contributed by atoms with van der Waals surface area (Å²) in [7, 11) is 0. The van der Waals surface area contributed by atoms with Crippen molar-refractivity contribution in [2.24, 2.45) is 5.92 Å². The average Bonchev–Trinajstić information content (AvgIpc) is 2.19. The minimum absolute atomic E-state index is 0.0289. The molecule has 0 saturated carbocycles. The van der Waals surface area contributed by atoms with Crippen LogP contribution in [0.25, 0.3) is 0 Å². The van der Waals surface area contributed by atoms with Crippen molar-refractivity contribution < 1.29 is 14.6 Å². The Balaban J connectivity index is 2.94. The van der Waals surface area contributed by atoms with Crippen molar-refractivity contribution in [2.75, 3.05) is 6.61 Å². The van der Waals surface area contributed by atoms with E-state index in [1.54, 1.807) is 6.07 Å². The van der Waals surface area contributed by atoms with Crippen LogP contribution in [0, 0.1) is 5.92 Å². The number of phenols is 1. The van der Waals surface area contributed by atoms with Crippen molar-refractivity contribution in [1.82, 2.24) is 0 Å². The highest BCUT2D eigenvalue weighted by Gasteiger charge is 2.09. The van der Waals surface area contributed by atoms with Gasteiger partial charge in [-0.15, -0.1) is 0 Å². The number of aromatic hydroxyl groups is 1. The lowest BCUT2D eigenvalue weighted by molar-refractivity contribution is 0.112. The van der Waals surface area contributed by atoms with Gasteiger partial charge in [0, 0.05) is 5.56 Å². The van der Waals surface area contributed by atoms with Crippen LogP contribution in [-0.4, -0.2) is 18.0 Å². The highest BCUT2D eigenvalue weighted by molar-refractivity contribution is 9.10. The number of halogens is 1. The monoisotopic (exact) mass is 272 g/mol. The van der Waals surface area contributed by atoms with E-state index in [-0.39, 0.29) is 5.75 Å². The fourth-order valence-corrected chi connectivity index (χ4v) is 1.49. The van der Waals surface area contributed by atoms with E-state index >= 15 is 0 Å². The van der Waals surface area contributed by atoms with Crippen LogP contribution in [-0.2, 0) is 0 Å². The molecule has 0 atom stereocenters. The van der Waals surface area contributed by atoms with Crippen molar-refractivity contribution in [3.8, 4) is 11.5 Å². The topological polar surface area (TPSA) is 46.5 Å². The maximum absolute atomic E-state index is 10.6. The van der Waals surface area contributed by atoms with E-state index in [2.05, 4.69) is 15.9 Å². The first-order chi connectivity index (χ1) is 7.04. The molecule has 0 aliphatic carbocycles. The first-order valence-corrected chi connectivity index (χ1v) is 5.44. The van der Waals surface area contributed by atoms with Gasteiger partial charge in [0.2, 0.25) is 0 Å². The van der Waals surface area contributed by atoms with E-state index in [0.717, 1.165) is 0 Å². The Labute approximate surface area is 97.2 Å². The Bertz CT molecular complexity index is 361. The minimum Gasteiger partial charge on any atom is -0.503 e. The second-order valence-corrected chi connectivity index (χ2v) is 4.53. The van der Waals surface area contributed by atoms with Gasteiger partial charge in [0.15, 0.2) is 11.5 Å². The van der Waals surface area contributed by atoms with Crippen LogP contribution >= 0.6 is 15.9 Å². The van der Waals surface area contributed by atoms with Gasteiger partial charge in [0.05, 0.1) is 11.1 Å². The van der Waals surface area contributed by atoms with Gasteiger partial charge in [0.1, 0.15) is 6.29 Å². The normalized spacial score (nSPS) is 10.4. The van der Waals surface area contributed by atoms with Crippen LogP contribution < -0.4 is 4.74 Å². The van der Waals surface area contributed by atoms with Gasteiger partial charge in [-0.1, -0.05) is 13.8 Å². The summed E-state index contributed by atoms with van der Waals surface area (Å²) in [5.74, 6) is 0.726. The van der Waals surface area contributed by atoms with Crippen LogP contribution in [0.5, 0.6) is 11.5 Å². The Morgan fingerprint density at radius 2 is 2.20 bits per heavy atom. The Morgan fingerprint density at radius 1 is 1.53 bits per heavy atom. The van der Waals surface area contributed by atoms with Crippen molar-refractivity contribution in [1.29, 1.82) is 0 Å². The number of phenolic OH excluding ortho intramolecular Hbond substituents is 1. The largest absolute Gasteiger partial charge is 0.503 e. The van der Waals surface area contributed by atoms with Crippen LogP contribution in [0.15, 0.2) is 16.6 Å². The first kappa shape index (κ1) is 12.0. The van der Waals surface area contributed by atoms with E-state index in [1.807, 2.05) is 13.8 Å². The van der Waals surface area contributed by atoms with Crippen LogP contribution in [0.1, 0.15) is 24.2 Å². The van der Waals surface area contributed by atoms with Crippen molar-refractivity contribution in [3.05, 3.63) is 22.2 Å². The summed E-state index contributed by atoms with van der Waals surface area (Å²) >= 11 is 3.16. The number of hydrogen-bond acceptors (Lipinski definition) is 3. The van der Waals surface area contributed by atoms with Crippen LogP contribution in [0.2, 0.25) is 0 Å². The molecule has 0 aliphatic heterocycles. The molecule has 0 amide bonds. The van der Waals surface area contributed by atoms with Gasteiger partial charge >= 0.3 is 0 Å². The average molecular weight is 273 g/mol. The molecule has 82 valence electrons. The molecule has 1 rings (SSSR count). The van der Waals surface area contributed by atoms with Gasteiger partial charge in [0.25, 0.3) is 0 Å². The number of carbonyl (C=O) groups is 1. The van der Waals surface area contributed by atoms with Crippen LogP contribution in [0.4, 0.5) is 0 Å². The summed E-state index contributed by atoms with van der Waals surface area (Å²) in [4.78, 5) is 10.6. The molecular weight excluding hydrogens is 260 g/mol. The lowest BCUT2D eigenvalue weighted by Gasteiger charge is -2.11. The van der Waals surface area contributed by atoms with Gasteiger partial charge in [-0.25, -0.2) is 0 Å². The van der Waals surface area contributed by atoms with Crippen LogP contribution in [0.3, 0.4) is 0 Å². The Hall–Kier alpha value is -1.03. The first-order valence-electron chi connectivity index (χ1n) is 4.65. The maximum Gasteiger partial charge on any atom is 0.172 e. The van der Waals surface area contributed by atoms with Gasteiger partial charge < -0.3 is 9.84 Å². The molecule has 0 saturated heterocycles. The molecule has 1 aromatic rings. The lowest BCUT2D eigenvalue weighted by atomic mass is 10.2. The molecule has 0 bridgehead atoms. The number of hydrogen-bond donors (Lipinski definition) is 1. The fourth-order valence-electron chi connectivity index (χ4n) is 1.03. The zero-order valence-electron chi connectivity index (χ0n) is 8.66. The van der Waals surface area contributed by atoms with E-state index in [1.165, 1.54) is 6.07 Å². The quantitative estimate of drug-likeness (QED) is 0.858. The second-order valence-electron chi connectivity index (χ2n) is 3.67. The summed E-state index contributed by atoms with van der Waals surface area (Å²) in [5, 5.41) is 9.64. The van der Waals surface area contributed by atoms with Gasteiger partial charge in [-0.05, 0) is 34.0 Å². The number of ether oxygens (including phenoxy) is 1. The zero-order chi connectivity index (χ0) is 11.4. The molecule has 3 nitrogen and oxygen atoms in total. The van der Waals surface area contributed by atoms with Crippen molar-refractivity contribution in [2.45, 2.75) is 13.8 Å². The highest BCUT2D eigenvalue weighted by Crippen LogP contribution is 2.35. The lowest BCUT2D eigenvalue weighted by Crippen LogP contribution is -2.05. The predicted octanol–water partition coefficient (Wildman–Crippen LogP) is 3.00. The van der Waals surface area contributed by atoms with E-state index in [4.69, 9.17) is 4.74 Å². The molecule has 4 heteroatoms. The molecule has 0 spiro atoms. The maximum atomic E-state index is 10.6. The highest BCUT2D eigenvalue weighted by atomic mass is 79.9. The minimum atomic E-state index is 0.0289. The summed E-state index contributed by atoms with van der Waals surface area (Å²) < 4.78 is 5.85. The van der Waals surface area contributed by atoms with Gasteiger partial charge in [-0.3, -0.25) is 4.79 Å². The van der Waals surface area contributed by atoms with E-state index in [0.29, 0.717) is 34.6 Å². The van der Waals surface area contributed by atoms with Crippen molar-refractivity contribution in [3.63, 3.8) is 0 Å². The summed E-state index contributed by atoms with van der Waals surface area (Å²) in [5.41, 5.74) is 0.471. The number of rotatable bonds is 4. The molecule has 0 aliphatic rings. The smallest absolute Gasteiger partial charge is 0.172 e. The number of carbonyl (C=O) groups excluding carboxylic acids is 1. The molecule has 0 heterocycles. The zero-order valence-corrected chi connectivity index (χ0v) is 10.2. The predicted molar refractivity (Wildman–Crippen MR) is 61.5 cm³/mol. The fraction of sp³-hybridized carbons (Fsp3) is 0.364. The standard InChI is InChI=1S/C11H13BrO3/c1-7(2)6-15-10-4-8(5-13)3-9(12)11(10)14/h3-5,7,14H,6H2,1-2H3. The Kier molecular flexibility index (Phi) is 4.15. The third-order valence-corrected chi connectivity index (χ3v) is 2.36.